The molecule has 1 aliphatic rings. The predicted octanol–water partition coefficient (Wildman–Crippen LogP) is 4.58. The molecule has 0 fully saturated rings. The summed E-state index contributed by atoms with van der Waals surface area (Å²) < 4.78 is 0. The van der Waals surface area contributed by atoms with Crippen LogP contribution in [-0.2, 0) is 13.4 Å². The van der Waals surface area contributed by atoms with Gasteiger partial charge in [-0.1, -0.05) is 18.1 Å². The molecule has 0 spiro atoms. The number of nitrogens with zero attached hydrogens (tertiary/aromatic N) is 1. The summed E-state index contributed by atoms with van der Waals surface area (Å²) in [6, 6.07) is 0. The molecular formula is C13H22Cl2CrN. The Morgan fingerprint density at radius 2 is 1.41 bits per heavy atom. The van der Waals surface area contributed by atoms with Gasteiger partial charge in [0, 0.05) is 12.5 Å². The molecule has 17 heavy (non-hydrogen) atoms. The van der Waals surface area contributed by atoms with Crippen LogP contribution < -0.4 is 0 Å². The molecule has 0 saturated heterocycles. The van der Waals surface area contributed by atoms with Crippen molar-refractivity contribution >= 4 is 20.1 Å². The second-order valence-electron chi connectivity index (χ2n) is 4.59. The van der Waals surface area contributed by atoms with Crippen molar-refractivity contribution in [3.05, 3.63) is 28.2 Å². The number of hydrogen-bond donors (Lipinski definition) is 0. The minimum absolute atomic E-state index is 0.181. The maximum atomic E-state index is 4.83. The zero-order chi connectivity index (χ0) is 13.6. The zero-order valence-electron chi connectivity index (χ0n) is 11.5. The van der Waals surface area contributed by atoms with E-state index in [0.29, 0.717) is 0 Å². The van der Waals surface area contributed by atoms with Crippen LogP contribution in [0.5, 0.6) is 0 Å². The summed E-state index contributed by atoms with van der Waals surface area (Å²) in [6.07, 6.45) is 1.18. The average molecular weight is 315 g/mol. The second-order valence-corrected chi connectivity index (χ2v) is 6.70. The molecule has 0 unspecified atom stereocenters. The molecule has 0 aromatic heterocycles. The summed E-state index contributed by atoms with van der Waals surface area (Å²) >= 11 is -0.181. The van der Waals surface area contributed by atoms with Crippen LogP contribution in [-0.4, -0.2) is 25.5 Å². The van der Waals surface area contributed by atoms with Crippen molar-refractivity contribution in [2.75, 3.05) is 20.6 Å². The molecule has 0 heterocycles. The molecule has 1 rings (SSSR count). The SMILES string of the molecule is C[C]1C(C)=C(C)C(CCN(C)C)=C1C.[Cl][Cr][Cl]. The van der Waals surface area contributed by atoms with Crippen molar-refractivity contribution in [2.24, 2.45) is 0 Å². The first kappa shape index (κ1) is 17.6. The summed E-state index contributed by atoms with van der Waals surface area (Å²) in [7, 11) is 13.9. The molecule has 0 aromatic carbocycles. The van der Waals surface area contributed by atoms with E-state index in [-0.39, 0.29) is 13.4 Å². The van der Waals surface area contributed by atoms with Gasteiger partial charge in [0.15, 0.2) is 0 Å². The van der Waals surface area contributed by atoms with Gasteiger partial charge < -0.3 is 4.90 Å². The van der Waals surface area contributed by atoms with Crippen molar-refractivity contribution in [3.63, 3.8) is 0 Å². The summed E-state index contributed by atoms with van der Waals surface area (Å²) in [5.74, 6) is 1.48. The Bertz CT molecular complexity index is 309. The molecule has 0 amide bonds. The third-order valence-electron chi connectivity index (χ3n) is 3.40. The average Bonchev–Trinajstić information content (AvgIpc) is 2.43. The van der Waals surface area contributed by atoms with Gasteiger partial charge in [-0.05, 0) is 52.4 Å². The van der Waals surface area contributed by atoms with Crippen LogP contribution in [0, 0.1) is 5.92 Å². The van der Waals surface area contributed by atoms with E-state index in [4.69, 9.17) is 20.1 Å². The van der Waals surface area contributed by atoms with E-state index >= 15 is 0 Å². The maximum absolute atomic E-state index is 4.83. The topological polar surface area (TPSA) is 3.24 Å². The molecule has 1 aliphatic carbocycles. The molecule has 1 radical (unpaired) electrons. The summed E-state index contributed by atoms with van der Waals surface area (Å²) in [5.41, 5.74) is 6.05. The summed E-state index contributed by atoms with van der Waals surface area (Å²) in [4.78, 5) is 2.25. The van der Waals surface area contributed by atoms with Crippen LogP contribution in [0.3, 0.4) is 0 Å². The molecule has 0 saturated carbocycles. The molecule has 0 aliphatic heterocycles. The first-order valence-electron chi connectivity index (χ1n) is 5.62. The number of rotatable bonds is 3. The quantitative estimate of drug-likeness (QED) is 0.737. The van der Waals surface area contributed by atoms with Gasteiger partial charge in [-0.3, -0.25) is 0 Å². The van der Waals surface area contributed by atoms with Crippen LogP contribution in [0.15, 0.2) is 22.3 Å². The van der Waals surface area contributed by atoms with Crippen molar-refractivity contribution in [1.82, 2.24) is 4.90 Å². The van der Waals surface area contributed by atoms with E-state index in [9.17, 15) is 0 Å². The van der Waals surface area contributed by atoms with Crippen molar-refractivity contribution < 1.29 is 13.4 Å². The van der Waals surface area contributed by atoms with Crippen LogP contribution in [0.2, 0.25) is 0 Å². The Kier molecular flexibility index (Phi) is 8.90. The first-order chi connectivity index (χ1) is 7.86. The predicted molar refractivity (Wildman–Crippen MR) is 74.9 cm³/mol. The Labute approximate surface area is 121 Å². The second kappa shape index (κ2) is 8.62. The van der Waals surface area contributed by atoms with E-state index in [0.717, 1.165) is 6.54 Å². The van der Waals surface area contributed by atoms with Gasteiger partial charge in [0.2, 0.25) is 0 Å². The number of halogens is 2. The fraction of sp³-hybridized carbons (Fsp3) is 0.615. The molecule has 0 bridgehead atoms. The Morgan fingerprint density at radius 1 is 0.941 bits per heavy atom. The van der Waals surface area contributed by atoms with Crippen molar-refractivity contribution in [3.8, 4) is 0 Å². The molecule has 4 heteroatoms. The van der Waals surface area contributed by atoms with Gasteiger partial charge in [0.25, 0.3) is 0 Å². The number of hydrogen-bond acceptors (Lipinski definition) is 1. The van der Waals surface area contributed by atoms with E-state index in [1.165, 1.54) is 29.1 Å². The van der Waals surface area contributed by atoms with Crippen LogP contribution in [0.4, 0.5) is 0 Å². The molecule has 1 nitrogen and oxygen atoms in total. The monoisotopic (exact) mass is 314 g/mol. The third-order valence-corrected chi connectivity index (χ3v) is 3.40. The van der Waals surface area contributed by atoms with Crippen LogP contribution in [0.25, 0.3) is 0 Å². The van der Waals surface area contributed by atoms with Crippen LogP contribution >= 0.6 is 20.1 Å². The molecular weight excluding hydrogens is 293 g/mol. The number of allylic oxidation sites excluding steroid dienone is 3. The van der Waals surface area contributed by atoms with Gasteiger partial charge in [-0.2, -0.15) is 0 Å². The van der Waals surface area contributed by atoms with E-state index in [1.54, 1.807) is 5.57 Å². The summed E-state index contributed by atoms with van der Waals surface area (Å²) in [6.45, 7) is 10.1. The fourth-order valence-corrected chi connectivity index (χ4v) is 2.01. The Hall–Kier alpha value is 0.552. The molecule has 0 atom stereocenters. The third kappa shape index (κ3) is 5.37. The Morgan fingerprint density at radius 3 is 1.71 bits per heavy atom. The van der Waals surface area contributed by atoms with Gasteiger partial charge in [-0.15, -0.1) is 0 Å². The van der Waals surface area contributed by atoms with Gasteiger partial charge in [0.05, 0.1) is 0 Å². The fourth-order valence-electron chi connectivity index (χ4n) is 2.01. The van der Waals surface area contributed by atoms with E-state index in [1.807, 2.05) is 0 Å². The van der Waals surface area contributed by atoms with Gasteiger partial charge in [-0.25, -0.2) is 0 Å². The van der Waals surface area contributed by atoms with Gasteiger partial charge in [0.1, 0.15) is 0 Å². The van der Waals surface area contributed by atoms with Crippen molar-refractivity contribution in [2.45, 2.75) is 34.1 Å². The Balaban J connectivity index is 0.000000770. The normalized spacial score (nSPS) is 16.8. The zero-order valence-corrected chi connectivity index (χ0v) is 14.3. The van der Waals surface area contributed by atoms with E-state index in [2.05, 4.69) is 46.7 Å². The summed E-state index contributed by atoms with van der Waals surface area (Å²) in [5, 5.41) is 0. The molecule has 99 valence electrons. The minimum atomic E-state index is -0.181. The van der Waals surface area contributed by atoms with Crippen LogP contribution in [0.1, 0.15) is 34.1 Å². The van der Waals surface area contributed by atoms with Gasteiger partial charge >= 0.3 is 33.5 Å². The molecule has 0 N–H and O–H groups in total. The van der Waals surface area contributed by atoms with E-state index < -0.39 is 0 Å². The first-order valence-corrected chi connectivity index (χ1v) is 9.13. The molecule has 0 aromatic rings. The standard InChI is InChI=1S/C13H22N.2ClH.Cr/c1-9-10(2)12(4)13(11(9)3)7-8-14(5)6;;;/h7-8H2,1-6H3;2*1H;/q;;;+2/p-2. The van der Waals surface area contributed by atoms with Crippen molar-refractivity contribution in [1.29, 1.82) is 0 Å².